The van der Waals surface area contributed by atoms with Crippen LogP contribution >= 0.6 is 0 Å². The van der Waals surface area contributed by atoms with Gasteiger partial charge in [0.2, 0.25) is 34.8 Å². The SMILES string of the molecule is CCCOCCOCCOCCOCCOCCOCCN.O=COc1c(F)c(F)c(F)c(F)c1F. The van der Waals surface area contributed by atoms with Gasteiger partial charge in [0, 0.05) is 13.2 Å². The molecular formula is C22H34F5NO8. The summed E-state index contributed by atoms with van der Waals surface area (Å²) < 4.78 is 97.7. The summed E-state index contributed by atoms with van der Waals surface area (Å²) in [7, 11) is 0. The van der Waals surface area contributed by atoms with Gasteiger partial charge in [-0.05, 0) is 6.42 Å². The third-order valence-corrected chi connectivity index (χ3v) is 3.81. The third-order valence-electron chi connectivity index (χ3n) is 3.81. The molecule has 0 atom stereocenters. The zero-order valence-electron chi connectivity index (χ0n) is 20.2. The Bertz CT molecular complexity index is 654. The van der Waals surface area contributed by atoms with Crippen LogP contribution in [0.5, 0.6) is 5.75 Å². The molecule has 0 amide bonds. The minimum absolute atomic E-state index is 0.446. The number of benzene rings is 1. The van der Waals surface area contributed by atoms with Crippen LogP contribution in [-0.4, -0.2) is 92.3 Å². The summed E-state index contributed by atoms with van der Waals surface area (Å²) in [5.74, 6) is -12.6. The standard InChI is InChI=1S/C15H33NO6.C7HF5O2/c1-2-4-17-6-8-19-10-12-21-14-15-22-13-11-20-9-7-18-5-3-16;8-2-3(9)5(11)7(14-1-13)6(12)4(2)10/h2-16H2,1H3;1H. The highest BCUT2D eigenvalue weighted by molar-refractivity contribution is 5.46. The summed E-state index contributed by atoms with van der Waals surface area (Å²) in [6, 6.07) is 0. The van der Waals surface area contributed by atoms with E-state index < -0.39 is 41.3 Å². The number of halogens is 5. The van der Waals surface area contributed by atoms with Crippen molar-refractivity contribution in [3.05, 3.63) is 29.1 Å². The van der Waals surface area contributed by atoms with E-state index in [-0.39, 0.29) is 0 Å². The van der Waals surface area contributed by atoms with Crippen molar-refractivity contribution in [1.82, 2.24) is 0 Å². The zero-order valence-corrected chi connectivity index (χ0v) is 20.2. The van der Waals surface area contributed by atoms with E-state index in [0.29, 0.717) is 79.2 Å². The van der Waals surface area contributed by atoms with Crippen LogP contribution in [0.1, 0.15) is 13.3 Å². The van der Waals surface area contributed by atoms with Crippen LogP contribution in [0.25, 0.3) is 0 Å². The highest BCUT2D eigenvalue weighted by Gasteiger charge is 2.26. The quantitative estimate of drug-likeness (QED) is 0.0835. The van der Waals surface area contributed by atoms with Crippen LogP contribution < -0.4 is 10.5 Å². The Hall–Kier alpha value is -1.94. The number of carbonyl (C=O) groups is 1. The van der Waals surface area contributed by atoms with Crippen LogP contribution in [0.3, 0.4) is 0 Å². The van der Waals surface area contributed by atoms with E-state index >= 15 is 0 Å². The summed E-state index contributed by atoms with van der Waals surface area (Å²) in [6.07, 6.45) is 1.04. The lowest BCUT2D eigenvalue weighted by atomic mass is 10.3. The van der Waals surface area contributed by atoms with Crippen molar-refractivity contribution in [3.63, 3.8) is 0 Å². The van der Waals surface area contributed by atoms with Crippen LogP contribution in [0.15, 0.2) is 0 Å². The van der Waals surface area contributed by atoms with Gasteiger partial charge in [0.25, 0.3) is 6.47 Å². The average molecular weight is 536 g/mol. The number of carbonyl (C=O) groups excluding carboxylic acids is 1. The number of hydrogen-bond donors (Lipinski definition) is 1. The lowest BCUT2D eigenvalue weighted by Crippen LogP contribution is -2.15. The van der Waals surface area contributed by atoms with E-state index in [2.05, 4.69) is 11.7 Å². The van der Waals surface area contributed by atoms with Crippen LogP contribution in [-0.2, 0) is 33.2 Å². The van der Waals surface area contributed by atoms with E-state index in [1.165, 1.54) is 0 Å². The van der Waals surface area contributed by atoms with E-state index in [1.54, 1.807) is 0 Å². The molecule has 0 fully saturated rings. The lowest BCUT2D eigenvalue weighted by molar-refractivity contribution is -0.121. The predicted octanol–water partition coefficient (Wildman–Crippen LogP) is 2.37. The van der Waals surface area contributed by atoms with Crippen molar-refractivity contribution in [3.8, 4) is 5.75 Å². The van der Waals surface area contributed by atoms with Gasteiger partial charge in [0.15, 0.2) is 0 Å². The second-order valence-corrected chi connectivity index (χ2v) is 6.58. The fourth-order valence-corrected chi connectivity index (χ4v) is 2.17. The fourth-order valence-electron chi connectivity index (χ4n) is 2.17. The van der Waals surface area contributed by atoms with Crippen LogP contribution in [0.2, 0.25) is 0 Å². The number of nitrogens with two attached hydrogens (primary N) is 1. The maximum absolute atomic E-state index is 12.6. The first-order chi connectivity index (χ1) is 17.4. The van der Waals surface area contributed by atoms with E-state index in [9.17, 15) is 26.7 Å². The molecule has 0 unspecified atom stereocenters. The molecule has 36 heavy (non-hydrogen) atoms. The smallest absolute Gasteiger partial charge is 0.298 e. The normalized spacial score (nSPS) is 10.8. The largest absolute Gasteiger partial charge is 0.422 e. The van der Waals surface area contributed by atoms with E-state index in [0.717, 1.165) is 13.0 Å². The predicted molar refractivity (Wildman–Crippen MR) is 117 cm³/mol. The topological polar surface area (TPSA) is 108 Å². The van der Waals surface area contributed by atoms with Gasteiger partial charge in [-0.25, -0.2) is 13.2 Å². The van der Waals surface area contributed by atoms with E-state index in [4.69, 9.17) is 34.2 Å². The van der Waals surface area contributed by atoms with Crippen LogP contribution in [0.4, 0.5) is 22.0 Å². The molecule has 1 rings (SSSR count). The molecule has 0 spiro atoms. The molecule has 0 bridgehead atoms. The van der Waals surface area contributed by atoms with Gasteiger partial charge >= 0.3 is 0 Å². The molecule has 1 aromatic rings. The highest BCUT2D eigenvalue weighted by Crippen LogP contribution is 2.28. The summed E-state index contributed by atoms with van der Waals surface area (Å²) in [5, 5.41) is 0. The second kappa shape index (κ2) is 23.5. The Morgan fingerprint density at radius 2 is 0.861 bits per heavy atom. The summed E-state index contributed by atoms with van der Waals surface area (Å²) in [4.78, 5) is 9.69. The first-order valence-electron chi connectivity index (χ1n) is 11.2. The Balaban J connectivity index is 0.000000748. The molecule has 0 aromatic heterocycles. The molecule has 0 aliphatic carbocycles. The third kappa shape index (κ3) is 15.9. The molecule has 1 aromatic carbocycles. The van der Waals surface area contributed by atoms with Crippen molar-refractivity contribution >= 4 is 6.47 Å². The summed E-state index contributed by atoms with van der Waals surface area (Å²) >= 11 is 0. The molecule has 2 N–H and O–H groups in total. The van der Waals surface area contributed by atoms with Gasteiger partial charge < -0.3 is 38.9 Å². The van der Waals surface area contributed by atoms with Crippen molar-refractivity contribution in [2.75, 3.05) is 85.8 Å². The van der Waals surface area contributed by atoms with Crippen molar-refractivity contribution < 1.29 is 59.9 Å². The number of ether oxygens (including phenoxy) is 7. The molecule has 0 heterocycles. The van der Waals surface area contributed by atoms with Gasteiger partial charge in [-0.15, -0.1) is 0 Å². The Kier molecular flexibility index (Phi) is 22.2. The minimum atomic E-state index is -2.31. The van der Waals surface area contributed by atoms with E-state index in [1.807, 2.05) is 0 Å². The van der Waals surface area contributed by atoms with Gasteiger partial charge in [-0.1, -0.05) is 6.92 Å². The Morgan fingerprint density at radius 1 is 0.556 bits per heavy atom. The zero-order chi connectivity index (χ0) is 27.0. The monoisotopic (exact) mass is 535 g/mol. The lowest BCUT2D eigenvalue weighted by Gasteiger charge is -2.08. The van der Waals surface area contributed by atoms with Gasteiger partial charge in [0.1, 0.15) is 0 Å². The fraction of sp³-hybridized carbons (Fsp3) is 0.682. The first kappa shape index (κ1) is 34.1. The molecule has 210 valence electrons. The molecule has 0 saturated carbocycles. The second-order valence-electron chi connectivity index (χ2n) is 6.58. The highest BCUT2D eigenvalue weighted by atomic mass is 19.2. The maximum atomic E-state index is 12.6. The van der Waals surface area contributed by atoms with Crippen molar-refractivity contribution in [1.29, 1.82) is 0 Å². The molecular weight excluding hydrogens is 501 g/mol. The summed E-state index contributed by atoms with van der Waals surface area (Å²) in [5.41, 5.74) is 5.29. The van der Waals surface area contributed by atoms with Gasteiger partial charge in [-0.3, -0.25) is 4.79 Å². The van der Waals surface area contributed by atoms with Crippen LogP contribution in [0, 0.1) is 29.1 Å². The Morgan fingerprint density at radius 3 is 1.17 bits per heavy atom. The first-order valence-corrected chi connectivity index (χ1v) is 11.2. The molecule has 0 aliphatic rings. The molecule has 0 saturated heterocycles. The maximum Gasteiger partial charge on any atom is 0.298 e. The molecule has 0 radical (unpaired) electrons. The average Bonchev–Trinajstić information content (AvgIpc) is 2.88. The van der Waals surface area contributed by atoms with Crippen molar-refractivity contribution in [2.45, 2.75) is 13.3 Å². The Labute approximate surface area is 206 Å². The van der Waals surface area contributed by atoms with Gasteiger partial charge in [0.05, 0.1) is 72.7 Å². The van der Waals surface area contributed by atoms with Gasteiger partial charge in [-0.2, -0.15) is 8.78 Å². The molecule has 9 nitrogen and oxygen atoms in total. The summed E-state index contributed by atoms with van der Waals surface area (Å²) in [6.45, 7) is 9.37. The number of rotatable bonds is 21. The van der Waals surface area contributed by atoms with Crippen molar-refractivity contribution in [2.24, 2.45) is 5.73 Å². The molecule has 0 aliphatic heterocycles. The molecule has 14 heteroatoms. The minimum Gasteiger partial charge on any atom is -0.422 e. The number of hydrogen-bond acceptors (Lipinski definition) is 9.